The van der Waals surface area contributed by atoms with E-state index in [1.54, 1.807) is 6.20 Å². The molecule has 1 aromatic rings. The number of nitrogens with one attached hydrogen (secondary N) is 2. The molecule has 3 rings (SSSR count). The molecule has 0 spiro atoms. The quantitative estimate of drug-likeness (QED) is 0.871. The first kappa shape index (κ1) is 13.1. The van der Waals surface area contributed by atoms with Crippen LogP contribution in [0.25, 0.3) is 0 Å². The summed E-state index contributed by atoms with van der Waals surface area (Å²) in [6.07, 6.45) is 7.09. The number of anilines is 2. The maximum absolute atomic E-state index is 5.86. The van der Waals surface area contributed by atoms with Crippen LogP contribution in [0.1, 0.15) is 32.6 Å². The summed E-state index contributed by atoms with van der Waals surface area (Å²) in [4.78, 5) is 8.78. The zero-order valence-corrected chi connectivity index (χ0v) is 12.6. The average Bonchev–Trinajstić information content (AvgIpc) is 3.02. The molecular weight excluding hydrogens is 308 g/mol. The van der Waals surface area contributed by atoms with E-state index < -0.39 is 0 Å². The zero-order chi connectivity index (χ0) is 13.2. The first-order chi connectivity index (χ1) is 9.26. The van der Waals surface area contributed by atoms with Crippen LogP contribution in [0.5, 0.6) is 0 Å². The van der Waals surface area contributed by atoms with Crippen LogP contribution in [0.4, 0.5) is 11.8 Å². The second-order valence-corrected chi connectivity index (χ2v) is 6.03. The topological polar surface area (TPSA) is 59.1 Å². The van der Waals surface area contributed by atoms with Crippen molar-refractivity contribution in [1.29, 1.82) is 0 Å². The van der Waals surface area contributed by atoms with Gasteiger partial charge in [-0.1, -0.05) is 6.92 Å². The summed E-state index contributed by atoms with van der Waals surface area (Å²) in [5.41, 5.74) is 0. The number of fused-ring (bicyclic) bond motifs is 2. The van der Waals surface area contributed by atoms with E-state index in [0.29, 0.717) is 24.2 Å². The lowest BCUT2D eigenvalue weighted by atomic mass is 9.95. The fourth-order valence-electron chi connectivity index (χ4n) is 2.76. The van der Waals surface area contributed by atoms with Crippen molar-refractivity contribution in [3.05, 3.63) is 10.7 Å². The Balaban J connectivity index is 1.69. The van der Waals surface area contributed by atoms with E-state index in [1.807, 2.05) is 0 Å². The lowest BCUT2D eigenvalue weighted by Crippen LogP contribution is -2.31. The van der Waals surface area contributed by atoms with Gasteiger partial charge < -0.3 is 15.4 Å². The third kappa shape index (κ3) is 2.84. The maximum atomic E-state index is 5.86. The molecule has 0 radical (unpaired) electrons. The molecule has 2 fully saturated rings. The highest BCUT2D eigenvalue weighted by molar-refractivity contribution is 9.10. The standard InChI is InChI=1S/C13H19BrN4O/c1-2-5-15-13-16-7-9(14)12(18-13)17-10-6-8-3-4-11(10)19-8/h7-8,10-11H,2-6H2,1H3,(H2,15,16,17,18). The summed E-state index contributed by atoms with van der Waals surface area (Å²) in [6.45, 7) is 3.01. The molecule has 2 saturated heterocycles. The molecule has 19 heavy (non-hydrogen) atoms. The third-order valence-corrected chi connectivity index (χ3v) is 4.29. The molecular formula is C13H19BrN4O. The molecule has 2 aliphatic heterocycles. The Labute approximate surface area is 121 Å². The van der Waals surface area contributed by atoms with Crippen LogP contribution in [0.15, 0.2) is 10.7 Å². The fourth-order valence-corrected chi connectivity index (χ4v) is 3.06. The Morgan fingerprint density at radius 2 is 2.37 bits per heavy atom. The fraction of sp³-hybridized carbons (Fsp3) is 0.692. The lowest BCUT2D eigenvalue weighted by Gasteiger charge is -2.21. The van der Waals surface area contributed by atoms with Crippen LogP contribution in [0.3, 0.4) is 0 Å². The molecule has 0 amide bonds. The van der Waals surface area contributed by atoms with Gasteiger partial charge in [-0.3, -0.25) is 0 Å². The molecule has 2 aliphatic rings. The van der Waals surface area contributed by atoms with Crippen molar-refractivity contribution in [3.63, 3.8) is 0 Å². The molecule has 1 aromatic heterocycles. The predicted octanol–water partition coefficient (Wildman–Crippen LogP) is 2.79. The van der Waals surface area contributed by atoms with Crippen molar-refractivity contribution in [3.8, 4) is 0 Å². The second kappa shape index (κ2) is 5.63. The number of hydrogen-bond donors (Lipinski definition) is 2. The average molecular weight is 327 g/mol. The van der Waals surface area contributed by atoms with Crippen molar-refractivity contribution < 1.29 is 4.74 Å². The zero-order valence-electron chi connectivity index (χ0n) is 11.0. The van der Waals surface area contributed by atoms with Gasteiger partial charge in [0, 0.05) is 12.7 Å². The van der Waals surface area contributed by atoms with Gasteiger partial charge in [0.05, 0.1) is 22.7 Å². The Morgan fingerprint density at radius 1 is 1.47 bits per heavy atom. The normalized spacial score (nSPS) is 28.6. The Morgan fingerprint density at radius 3 is 3.05 bits per heavy atom. The smallest absolute Gasteiger partial charge is 0.224 e. The minimum absolute atomic E-state index is 0.346. The highest BCUT2D eigenvalue weighted by atomic mass is 79.9. The number of ether oxygens (including phenoxy) is 1. The van der Waals surface area contributed by atoms with Crippen LogP contribution in [0, 0.1) is 0 Å². The van der Waals surface area contributed by atoms with E-state index in [2.05, 4.69) is 43.5 Å². The van der Waals surface area contributed by atoms with Gasteiger partial charge in [-0.25, -0.2) is 4.98 Å². The number of nitrogens with zero attached hydrogens (tertiary/aromatic N) is 2. The molecule has 2 bridgehead atoms. The molecule has 2 N–H and O–H groups in total. The van der Waals surface area contributed by atoms with Gasteiger partial charge >= 0.3 is 0 Å². The molecule has 3 unspecified atom stereocenters. The van der Waals surface area contributed by atoms with Gasteiger partial charge in [-0.05, 0) is 41.6 Å². The molecule has 6 heteroatoms. The summed E-state index contributed by atoms with van der Waals surface area (Å²) in [6, 6.07) is 0.379. The number of hydrogen-bond acceptors (Lipinski definition) is 5. The van der Waals surface area contributed by atoms with E-state index in [-0.39, 0.29) is 0 Å². The van der Waals surface area contributed by atoms with E-state index in [1.165, 1.54) is 6.42 Å². The van der Waals surface area contributed by atoms with E-state index >= 15 is 0 Å². The molecule has 5 nitrogen and oxygen atoms in total. The monoisotopic (exact) mass is 326 g/mol. The van der Waals surface area contributed by atoms with Gasteiger partial charge in [0.25, 0.3) is 0 Å². The molecule has 0 aliphatic carbocycles. The van der Waals surface area contributed by atoms with Gasteiger partial charge in [0.15, 0.2) is 0 Å². The first-order valence-electron chi connectivity index (χ1n) is 6.94. The van der Waals surface area contributed by atoms with Crippen molar-refractivity contribution >= 4 is 27.7 Å². The van der Waals surface area contributed by atoms with Crippen molar-refractivity contribution in [1.82, 2.24) is 9.97 Å². The molecule has 0 aromatic carbocycles. The SMILES string of the molecule is CCCNc1ncc(Br)c(NC2CC3CCC2O3)n1. The number of rotatable bonds is 5. The predicted molar refractivity (Wildman–Crippen MR) is 78.4 cm³/mol. The van der Waals surface area contributed by atoms with Gasteiger partial charge in [-0.15, -0.1) is 0 Å². The van der Waals surface area contributed by atoms with Crippen LogP contribution < -0.4 is 10.6 Å². The molecule has 0 saturated carbocycles. The molecule has 3 heterocycles. The largest absolute Gasteiger partial charge is 0.373 e. The number of aromatic nitrogens is 2. The van der Waals surface area contributed by atoms with Crippen molar-refractivity contribution in [2.24, 2.45) is 0 Å². The van der Waals surface area contributed by atoms with Crippen LogP contribution >= 0.6 is 15.9 Å². The van der Waals surface area contributed by atoms with Crippen LogP contribution in [0.2, 0.25) is 0 Å². The highest BCUT2D eigenvalue weighted by Crippen LogP contribution is 2.36. The third-order valence-electron chi connectivity index (χ3n) is 3.71. The van der Waals surface area contributed by atoms with Crippen molar-refractivity contribution in [2.45, 2.75) is 50.9 Å². The summed E-state index contributed by atoms with van der Waals surface area (Å²) in [5.74, 6) is 1.53. The first-order valence-corrected chi connectivity index (χ1v) is 7.74. The maximum Gasteiger partial charge on any atom is 0.224 e. The molecule has 3 atom stereocenters. The van der Waals surface area contributed by atoms with Crippen LogP contribution in [-0.2, 0) is 4.74 Å². The van der Waals surface area contributed by atoms with Gasteiger partial charge in [-0.2, -0.15) is 4.98 Å². The Hall–Kier alpha value is -0.880. The second-order valence-electron chi connectivity index (χ2n) is 5.18. The van der Waals surface area contributed by atoms with E-state index in [4.69, 9.17) is 4.74 Å². The van der Waals surface area contributed by atoms with Gasteiger partial charge in [0.2, 0.25) is 5.95 Å². The highest BCUT2D eigenvalue weighted by Gasteiger charge is 2.41. The van der Waals surface area contributed by atoms with Crippen molar-refractivity contribution in [2.75, 3.05) is 17.2 Å². The van der Waals surface area contributed by atoms with E-state index in [0.717, 1.165) is 36.1 Å². The summed E-state index contributed by atoms with van der Waals surface area (Å²) in [5, 5.41) is 6.70. The van der Waals surface area contributed by atoms with Crippen LogP contribution in [-0.4, -0.2) is 34.8 Å². The summed E-state index contributed by atoms with van der Waals surface area (Å²) >= 11 is 3.50. The molecule has 104 valence electrons. The van der Waals surface area contributed by atoms with Gasteiger partial charge in [0.1, 0.15) is 5.82 Å². The van der Waals surface area contributed by atoms with E-state index in [9.17, 15) is 0 Å². The summed E-state index contributed by atoms with van der Waals surface area (Å²) in [7, 11) is 0. The Kier molecular flexibility index (Phi) is 3.88. The lowest BCUT2D eigenvalue weighted by molar-refractivity contribution is 0.102. The number of halogens is 1. The minimum Gasteiger partial charge on any atom is -0.373 e. The Bertz CT molecular complexity index is 456. The summed E-state index contributed by atoms with van der Waals surface area (Å²) < 4.78 is 6.76. The minimum atomic E-state index is 0.346.